The van der Waals surface area contributed by atoms with Crippen molar-refractivity contribution in [2.24, 2.45) is 5.92 Å². The second-order valence-corrected chi connectivity index (χ2v) is 4.58. The SMILES string of the molecule is CCOC(=O)C1=C(c2ccccc2)O[C@H]2OCC[C@@H]12. The largest absolute Gasteiger partial charge is 0.463 e. The molecule has 4 nitrogen and oxygen atoms in total. The maximum atomic E-state index is 12.2. The summed E-state index contributed by atoms with van der Waals surface area (Å²) in [5.41, 5.74) is 1.51. The topological polar surface area (TPSA) is 44.8 Å². The lowest BCUT2D eigenvalue weighted by Gasteiger charge is -2.10. The van der Waals surface area contributed by atoms with Crippen molar-refractivity contribution in [3.8, 4) is 0 Å². The number of benzene rings is 1. The van der Waals surface area contributed by atoms with E-state index in [-0.39, 0.29) is 18.2 Å². The highest BCUT2D eigenvalue weighted by molar-refractivity contribution is 5.97. The number of carbonyl (C=O) groups excluding carboxylic acids is 1. The third-order valence-corrected chi connectivity index (χ3v) is 3.42. The summed E-state index contributed by atoms with van der Waals surface area (Å²) in [6.45, 7) is 2.79. The van der Waals surface area contributed by atoms with Crippen LogP contribution < -0.4 is 0 Å². The number of rotatable bonds is 3. The molecule has 2 aliphatic rings. The van der Waals surface area contributed by atoms with E-state index in [4.69, 9.17) is 14.2 Å². The smallest absolute Gasteiger partial charge is 0.338 e. The standard InChI is InChI=1S/C15H16O4/c1-2-17-14(16)12-11-8-9-18-15(11)19-13(12)10-6-4-3-5-7-10/h3-7,11,15H,2,8-9H2,1H3/t11-,15+/m0/s1. The van der Waals surface area contributed by atoms with Crippen LogP contribution in [-0.4, -0.2) is 25.5 Å². The first kappa shape index (κ1) is 12.2. The van der Waals surface area contributed by atoms with Gasteiger partial charge in [0.25, 0.3) is 0 Å². The average Bonchev–Trinajstić information content (AvgIpc) is 2.99. The van der Waals surface area contributed by atoms with E-state index in [0.29, 0.717) is 24.5 Å². The predicted octanol–water partition coefficient (Wildman–Crippen LogP) is 2.35. The average molecular weight is 260 g/mol. The Morgan fingerprint density at radius 3 is 2.89 bits per heavy atom. The van der Waals surface area contributed by atoms with Crippen molar-refractivity contribution in [1.82, 2.24) is 0 Å². The van der Waals surface area contributed by atoms with E-state index in [1.807, 2.05) is 30.3 Å². The summed E-state index contributed by atoms with van der Waals surface area (Å²) in [4.78, 5) is 12.2. The molecule has 1 aromatic carbocycles. The predicted molar refractivity (Wildman–Crippen MR) is 68.9 cm³/mol. The van der Waals surface area contributed by atoms with E-state index < -0.39 is 0 Å². The van der Waals surface area contributed by atoms with Crippen LogP contribution in [-0.2, 0) is 19.0 Å². The molecule has 2 atom stereocenters. The molecule has 0 spiro atoms. The zero-order valence-corrected chi connectivity index (χ0v) is 10.8. The van der Waals surface area contributed by atoms with E-state index >= 15 is 0 Å². The molecular weight excluding hydrogens is 244 g/mol. The van der Waals surface area contributed by atoms with Crippen LogP contribution in [0.4, 0.5) is 0 Å². The van der Waals surface area contributed by atoms with Crippen LogP contribution in [0.1, 0.15) is 18.9 Å². The molecule has 2 heterocycles. The highest BCUT2D eigenvalue weighted by Crippen LogP contribution is 2.42. The number of esters is 1. The summed E-state index contributed by atoms with van der Waals surface area (Å²) in [6, 6.07) is 9.62. The summed E-state index contributed by atoms with van der Waals surface area (Å²) in [5.74, 6) is 0.308. The fraction of sp³-hybridized carbons (Fsp3) is 0.400. The monoisotopic (exact) mass is 260 g/mol. The molecule has 2 aliphatic heterocycles. The van der Waals surface area contributed by atoms with Crippen LogP contribution in [0.25, 0.3) is 5.76 Å². The Kier molecular flexibility index (Phi) is 3.25. The Bertz CT molecular complexity index is 506. The van der Waals surface area contributed by atoms with Crippen LogP contribution in [0.15, 0.2) is 35.9 Å². The molecule has 0 radical (unpaired) electrons. The fourth-order valence-corrected chi connectivity index (χ4v) is 2.57. The molecule has 0 amide bonds. The number of hydrogen-bond donors (Lipinski definition) is 0. The lowest BCUT2D eigenvalue weighted by Crippen LogP contribution is -2.18. The van der Waals surface area contributed by atoms with Crippen LogP contribution in [0.3, 0.4) is 0 Å². The first-order valence-corrected chi connectivity index (χ1v) is 6.56. The van der Waals surface area contributed by atoms with Crippen molar-refractivity contribution in [2.45, 2.75) is 19.6 Å². The second kappa shape index (κ2) is 5.05. The van der Waals surface area contributed by atoms with E-state index in [2.05, 4.69) is 0 Å². The van der Waals surface area contributed by atoms with E-state index in [1.165, 1.54) is 0 Å². The number of carbonyl (C=O) groups is 1. The summed E-state index contributed by atoms with van der Waals surface area (Å²) in [5, 5.41) is 0. The van der Waals surface area contributed by atoms with Gasteiger partial charge in [0, 0.05) is 5.56 Å². The van der Waals surface area contributed by atoms with Gasteiger partial charge < -0.3 is 14.2 Å². The molecule has 0 aromatic heterocycles. The van der Waals surface area contributed by atoms with Crippen molar-refractivity contribution in [3.05, 3.63) is 41.5 Å². The summed E-state index contributed by atoms with van der Waals surface area (Å²) in [7, 11) is 0. The van der Waals surface area contributed by atoms with Gasteiger partial charge in [0.2, 0.25) is 6.29 Å². The normalized spacial score (nSPS) is 25.1. The fourth-order valence-electron chi connectivity index (χ4n) is 2.57. The van der Waals surface area contributed by atoms with Crippen molar-refractivity contribution in [1.29, 1.82) is 0 Å². The van der Waals surface area contributed by atoms with Crippen LogP contribution >= 0.6 is 0 Å². The van der Waals surface area contributed by atoms with Crippen molar-refractivity contribution in [3.63, 3.8) is 0 Å². The van der Waals surface area contributed by atoms with Gasteiger partial charge in [-0.25, -0.2) is 4.79 Å². The van der Waals surface area contributed by atoms with Gasteiger partial charge in [0.05, 0.1) is 24.7 Å². The van der Waals surface area contributed by atoms with Crippen LogP contribution in [0, 0.1) is 5.92 Å². The van der Waals surface area contributed by atoms with Gasteiger partial charge in [-0.05, 0) is 13.3 Å². The first-order chi connectivity index (χ1) is 9.31. The molecule has 0 N–H and O–H groups in total. The molecule has 0 saturated carbocycles. The third-order valence-electron chi connectivity index (χ3n) is 3.42. The van der Waals surface area contributed by atoms with Crippen LogP contribution in [0.2, 0.25) is 0 Å². The van der Waals surface area contributed by atoms with Crippen molar-refractivity contribution < 1.29 is 19.0 Å². The Morgan fingerprint density at radius 2 is 2.16 bits per heavy atom. The molecular formula is C15H16O4. The molecule has 100 valence electrons. The molecule has 1 fully saturated rings. The van der Waals surface area contributed by atoms with Crippen LogP contribution in [0.5, 0.6) is 0 Å². The van der Waals surface area contributed by atoms with Gasteiger partial charge in [-0.2, -0.15) is 0 Å². The lowest BCUT2D eigenvalue weighted by atomic mass is 9.96. The molecule has 19 heavy (non-hydrogen) atoms. The quantitative estimate of drug-likeness (QED) is 0.783. The molecule has 3 rings (SSSR count). The zero-order valence-electron chi connectivity index (χ0n) is 10.8. The van der Waals surface area contributed by atoms with Crippen molar-refractivity contribution in [2.75, 3.05) is 13.2 Å². The number of fused-ring (bicyclic) bond motifs is 1. The minimum atomic E-state index is -0.338. The molecule has 0 aliphatic carbocycles. The van der Waals surface area contributed by atoms with Gasteiger partial charge in [-0.3, -0.25) is 0 Å². The summed E-state index contributed by atoms with van der Waals surface area (Å²) < 4.78 is 16.5. The minimum Gasteiger partial charge on any atom is -0.463 e. The van der Waals surface area contributed by atoms with Gasteiger partial charge in [0.1, 0.15) is 5.76 Å². The highest BCUT2D eigenvalue weighted by Gasteiger charge is 2.45. The Morgan fingerprint density at radius 1 is 1.37 bits per heavy atom. The van der Waals surface area contributed by atoms with Gasteiger partial charge in [-0.15, -0.1) is 0 Å². The summed E-state index contributed by atoms with van der Waals surface area (Å²) >= 11 is 0. The van der Waals surface area contributed by atoms with Gasteiger partial charge in [-0.1, -0.05) is 30.3 Å². The lowest BCUT2D eigenvalue weighted by molar-refractivity contribution is -0.139. The number of ether oxygens (including phenoxy) is 3. The first-order valence-electron chi connectivity index (χ1n) is 6.56. The van der Waals surface area contributed by atoms with E-state index in [1.54, 1.807) is 6.92 Å². The second-order valence-electron chi connectivity index (χ2n) is 4.58. The minimum absolute atomic E-state index is 0.00532. The molecule has 0 bridgehead atoms. The molecule has 0 unspecified atom stereocenters. The van der Waals surface area contributed by atoms with E-state index in [9.17, 15) is 4.79 Å². The van der Waals surface area contributed by atoms with Gasteiger partial charge in [0.15, 0.2) is 0 Å². The van der Waals surface area contributed by atoms with Gasteiger partial charge >= 0.3 is 5.97 Å². The molecule has 1 saturated heterocycles. The summed E-state index contributed by atoms with van der Waals surface area (Å²) in [6.07, 6.45) is 0.462. The van der Waals surface area contributed by atoms with Crippen molar-refractivity contribution >= 4 is 11.7 Å². The Balaban J connectivity index is 2.01. The molecule has 1 aromatic rings. The van der Waals surface area contributed by atoms with E-state index in [0.717, 1.165) is 12.0 Å². The highest BCUT2D eigenvalue weighted by atomic mass is 16.7. The number of hydrogen-bond acceptors (Lipinski definition) is 4. The maximum Gasteiger partial charge on any atom is 0.338 e. The zero-order chi connectivity index (χ0) is 13.2. The third kappa shape index (κ3) is 2.12. The molecule has 4 heteroatoms. The Labute approximate surface area is 112 Å². The Hall–Kier alpha value is -1.81. The maximum absolute atomic E-state index is 12.2.